The Morgan fingerprint density at radius 2 is 1.50 bits per heavy atom. The van der Waals surface area contributed by atoms with Gasteiger partial charge in [0.25, 0.3) is 0 Å². The van der Waals surface area contributed by atoms with Crippen molar-refractivity contribution >= 4 is 0 Å². The second-order valence-electron chi connectivity index (χ2n) is 5.19. The number of nitrogens with zero attached hydrogens (tertiary/aromatic N) is 1. The lowest BCUT2D eigenvalue weighted by molar-refractivity contribution is 0.240. The maximum atomic E-state index is 5.74. The predicted molar refractivity (Wildman–Crippen MR) is 89.3 cm³/mol. The molecular formula is C18H24N2O2. The summed E-state index contributed by atoms with van der Waals surface area (Å²) in [7, 11) is 2.04. The molecule has 22 heavy (non-hydrogen) atoms. The van der Waals surface area contributed by atoms with Crippen molar-refractivity contribution in [1.29, 1.82) is 0 Å². The van der Waals surface area contributed by atoms with Gasteiger partial charge in [-0.1, -0.05) is 30.3 Å². The summed E-state index contributed by atoms with van der Waals surface area (Å²) in [6, 6.07) is 17.9. The minimum atomic E-state index is 0.574. The van der Waals surface area contributed by atoms with Crippen LogP contribution in [0.15, 0.2) is 54.6 Å². The SMILES string of the molecule is CN(CCN)CCOc1ccc(OCc2ccccc2)cc1. The van der Waals surface area contributed by atoms with Crippen LogP contribution < -0.4 is 15.2 Å². The van der Waals surface area contributed by atoms with E-state index in [0.717, 1.165) is 30.2 Å². The van der Waals surface area contributed by atoms with Crippen molar-refractivity contribution in [2.75, 3.05) is 33.3 Å². The van der Waals surface area contributed by atoms with Crippen LogP contribution in [0.5, 0.6) is 11.5 Å². The van der Waals surface area contributed by atoms with Gasteiger partial charge in [0.2, 0.25) is 0 Å². The topological polar surface area (TPSA) is 47.7 Å². The Labute approximate surface area is 132 Å². The molecule has 0 spiro atoms. The molecule has 0 bridgehead atoms. The van der Waals surface area contributed by atoms with Gasteiger partial charge in [-0.05, 0) is 36.9 Å². The van der Waals surface area contributed by atoms with Crippen LogP contribution in [0.2, 0.25) is 0 Å². The lowest BCUT2D eigenvalue weighted by Crippen LogP contribution is -2.29. The van der Waals surface area contributed by atoms with Gasteiger partial charge >= 0.3 is 0 Å². The summed E-state index contributed by atoms with van der Waals surface area (Å²) in [6.45, 7) is 3.65. The van der Waals surface area contributed by atoms with Crippen LogP contribution >= 0.6 is 0 Å². The molecule has 0 heterocycles. The normalized spacial score (nSPS) is 10.7. The highest BCUT2D eigenvalue weighted by molar-refractivity contribution is 5.31. The Morgan fingerprint density at radius 1 is 0.864 bits per heavy atom. The Balaban J connectivity index is 1.73. The first-order valence-corrected chi connectivity index (χ1v) is 7.56. The third kappa shape index (κ3) is 5.76. The molecule has 2 rings (SSSR count). The average molecular weight is 300 g/mol. The molecule has 0 fully saturated rings. The van der Waals surface area contributed by atoms with Gasteiger partial charge in [-0.3, -0.25) is 0 Å². The number of hydrogen-bond donors (Lipinski definition) is 1. The molecule has 118 valence electrons. The van der Waals surface area contributed by atoms with Gasteiger partial charge in [-0.2, -0.15) is 0 Å². The van der Waals surface area contributed by atoms with Crippen LogP contribution in [-0.4, -0.2) is 38.2 Å². The van der Waals surface area contributed by atoms with E-state index in [1.54, 1.807) is 0 Å². The number of nitrogens with two attached hydrogens (primary N) is 1. The van der Waals surface area contributed by atoms with E-state index in [4.69, 9.17) is 15.2 Å². The minimum Gasteiger partial charge on any atom is -0.492 e. The first kappa shape index (κ1) is 16.3. The van der Waals surface area contributed by atoms with Crippen molar-refractivity contribution in [2.45, 2.75) is 6.61 Å². The molecule has 0 saturated heterocycles. The highest BCUT2D eigenvalue weighted by Crippen LogP contribution is 2.18. The maximum absolute atomic E-state index is 5.74. The molecule has 0 aromatic heterocycles. The summed E-state index contributed by atoms with van der Waals surface area (Å²) in [5.41, 5.74) is 6.66. The number of rotatable bonds is 9. The molecule has 2 aromatic carbocycles. The number of hydrogen-bond acceptors (Lipinski definition) is 4. The van der Waals surface area contributed by atoms with Crippen LogP contribution in [0.4, 0.5) is 0 Å². The van der Waals surface area contributed by atoms with E-state index >= 15 is 0 Å². The lowest BCUT2D eigenvalue weighted by Gasteiger charge is -2.15. The van der Waals surface area contributed by atoms with Gasteiger partial charge in [0.15, 0.2) is 0 Å². The molecule has 4 heteroatoms. The largest absolute Gasteiger partial charge is 0.492 e. The van der Waals surface area contributed by atoms with Crippen LogP contribution in [0.1, 0.15) is 5.56 Å². The van der Waals surface area contributed by atoms with Gasteiger partial charge in [-0.15, -0.1) is 0 Å². The second kappa shape index (κ2) is 9.07. The summed E-state index contributed by atoms with van der Waals surface area (Å²) >= 11 is 0. The quantitative estimate of drug-likeness (QED) is 0.773. The third-order valence-corrected chi connectivity index (χ3v) is 3.32. The molecule has 0 amide bonds. The molecule has 0 atom stereocenters. The van der Waals surface area contributed by atoms with Crippen LogP contribution in [0.3, 0.4) is 0 Å². The zero-order chi connectivity index (χ0) is 15.6. The molecule has 0 aliphatic rings. The van der Waals surface area contributed by atoms with Crippen molar-refractivity contribution < 1.29 is 9.47 Å². The van der Waals surface area contributed by atoms with E-state index in [-0.39, 0.29) is 0 Å². The fourth-order valence-electron chi connectivity index (χ4n) is 2.02. The molecule has 4 nitrogen and oxygen atoms in total. The molecule has 0 aliphatic carbocycles. The Morgan fingerprint density at radius 3 is 2.14 bits per heavy atom. The zero-order valence-corrected chi connectivity index (χ0v) is 13.1. The number of likely N-dealkylation sites (N-methyl/N-ethyl adjacent to an activating group) is 1. The Kier molecular flexibility index (Phi) is 6.74. The zero-order valence-electron chi connectivity index (χ0n) is 13.1. The highest BCUT2D eigenvalue weighted by atomic mass is 16.5. The summed E-state index contributed by atoms with van der Waals surface area (Å²) in [6.07, 6.45) is 0. The number of benzene rings is 2. The van der Waals surface area contributed by atoms with Crippen LogP contribution in [0, 0.1) is 0 Å². The lowest BCUT2D eigenvalue weighted by atomic mass is 10.2. The van der Waals surface area contributed by atoms with E-state index in [1.165, 1.54) is 0 Å². The first-order chi connectivity index (χ1) is 10.8. The molecule has 0 radical (unpaired) electrons. The highest BCUT2D eigenvalue weighted by Gasteiger charge is 2.00. The monoisotopic (exact) mass is 300 g/mol. The summed E-state index contributed by atoms with van der Waals surface area (Å²) < 4.78 is 11.4. The van der Waals surface area contributed by atoms with E-state index in [2.05, 4.69) is 17.0 Å². The van der Waals surface area contributed by atoms with Gasteiger partial charge in [0.05, 0.1) is 0 Å². The predicted octanol–water partition coefficient (Wildman–Crippen LogP) is 2.53. The minimum absolute atomic E-state index is 0.574. The Bertz CT molecular complexity index is 529. The maximum Gasteiger partial charge on any atom is 0.120 e. The molecule has 0 aliphatic heterocycles. The van der Waals surface area contributed by atoms with Crippen molar-refractivity contribution in [1.82, 2.24) is 4.90 Å². The van der Waals surface area contributed by atoms with Gasteiger partial charge in [0, 0.05) is 19.6 Å². The molecular weight excluding hydrogens is 276 g/mol. The van der Waals surface area contributed by atoms with Crippen LogP contribution in [0.25, 0.3) is 0 Å². The van der Waals surface area contributed by atoms with Crippen molar-refractivity contribution in [3.05, 3.63) is 60.2 Å². The fraction of sp³-hybridized carbons (Fsp3) is 0.333. The Hall–Kier alpha value is -2.04. The molecule has 0 unspecified atom stereocenters. The first-order valence-electron chi connectivity index (χ1n) is 7.56. The summed E-state index contributed by atoms with van der Waals surface area (Å²) in [4.78, 5) is 2.15. The van der Waals surface area contributed by atoms with E-state index < -0.39 is 0 Å². The smallest absolute Gasteiger partial charge is 0.120 e. The fourth-order valence-corrected chi connectivity index (χ4v) is 2.02. The van der Waals surface area contributed by atoms with Crippen molar-refractivity contribution in [3.63, 3.8) is 0 Å². The molecule has 0 saturated carbocycles. The van der Waals surface area contributed by atoms with E-state index in [1.807, 2.05) is 49.5 Å². The van der Waals surface area contributed by atoms with E-state index in [9.17, 15) is 0 Å². The van der Waals surface area contributed by atoms with Gasteiger partial charge in [-0.25, -0.2) is 0 Å². The molecule has 2 N–H and O–H groups in total. The van der Waals surface area contributed by atoms with Crippen LogP contribution in [-0.2, 0) is 6.61 Å². The average Bonchev–Trinajstić information content (AvgIpc) is 2.55. The second-order valence-corrected chi connectivity index (χ2v) is 5.19. The van der Waals surface area contributed by atoms with Crippen molar-refractivity contribution in [3.8, 4) is 11.5 Å². The van der Waals surface area contributed by atoms with Crippen molar-refractivity contribution in [2.24, 2.45) is 5.73 Å². The number of ether oxygens (including phenoxy) is 2. The third-order valence-electron chi connectivity index (χ3n) is 3.32. The van der Waals surface area contributed by atoms with E-state index in [0.29, 0.717) is 19.8 Å². The standard InChI is InChI=1S/C18H24N2O2/c1-20(12-11-19)13-14-21-17-7-9-18(10-8-17)22-15-16-5-3-2-4-6-16/h2-10H,11-15,19H2,1H3. The van der Waals surface area contributed by atoms with Gasteiger partial charge in [0.1, 0.15) is 24.7 Å². The summed E-state index contributed by atoms with van der Waals surface area (Å²) in [5.74, 6) is 1.70. The molecule has 2 aromatic rings. The summed E-state index contributed by atoms with van der Waals surface area (Å²) in [5, 5.41) is 0. The van der Waals surface area contributed by atoms with Gasteiger partial charge < -0.3 is 20.1 Å².